The van der Waals surface area contributed by atoms with Crippen LogP contribution in [0.15, 0.2) is 42.7 Å². The first kappa shape index (κ1) is 19.2. The fourth-order valence-corrected chi connectivity index (χ4v) is 3.85. The Kier molecular flexibility index (Phi) is 5.59. The smallest absolute Gasteiger partial charge is 0.272 e. The van der Waals surface area contributed by atoms with Gasteiger partial charge in [-0.1, -0.05) is 6.07 Å². The molecule has 0 spiro atoms. The van der Waals surface area contributed by atoms with Gasteiger partial charge < -0.3 is 19.6 Å². The van der Waals surface area contributed by atoms with Crippen molar-refractivity contribution in [2.75, 3.05) is 62.2 Å². The van der Waals surface area contributed by atoms with Crippen molar-refractivity contribution in [3.63, 3.8) is 0 Å². The molecule has 8 nitrogen and oxygen atoms in total. The third-order valence-corrected chi connectivity index (χ3v) is 5.59. The van der Waals surface area contributed by atoms with Gasteiger partial charge in [-0.15, -0.1) is 0 Å². The molecule has 2 aliphatic rings. The summed E-state index contributed by atoms with van der Waals surface area (Å²) in [5, 5.41) is 0. The zero-order valence-corrected chi connectivity index (χ0v) is 16.7. The Bertz CT molecular complexity index is 858. The van der Waals surface area contributed by atoms with Crippen molar-refractivity contribution in [1.82, 2.24) is 19.8 Å². The van der Waals surface area contributed by atoms with E-state index in [1.807, 2.05) is 40.1 Å². The molecular formula is C21H26N6O2. The molecule has 0 N–H and O–H groups in total. The van der Waals surface area contributed by atoms with Gasteiger partial charge >= 0.3 is 0 Å². The molecule has 2 fully saturated rings. The number of aromatic nitrogens is 2. The molecule has 2 aromatic rings. The van der Waals surface area contributed by atoms with Crippen molar-refractivity contribution in [3.8, 4) is 0 Å². The van der Waals surface area contributed by atoms with Crippen LogP contribution in [0.1, 0.15) is 17.4 Å². The summed E-state index contributed by atoms with van der Waals surface area (Å²) < 4.78 is 0. The number of nitrogens with zero attached hydrogens (tertiary/aromatic N) is 6. The molecule has 2 saturated heterocycles. The summed E-state index contributed by atoms with van der Waals surface area (Å²) in [4.78, 5) is 41.3. The highest BCUT2D eigenvalue weighted by Gasteiger charge is 2.25. The fourth-order valence-electron chi connectivity index (χ4n) is 3.85. The topological polar surface area (TPSA) is 72.9 Å². The van der Waals surface area contributed by atoms with Crippen molar-refractivity contribution in [3.05, 3.63) is 48.4 Å². The van der Waals surface area contributed by atoms with E-state index in [1.165, 1.54) is 0 Å². The number of hydrogen-bond donors (Lipinski definition) is 0. The first-order valence-corrected chi connectivity index (χ1v) is 10.0. The molecule has 0 atom stereocenters. The van der Waals surface area contributed by atoms with Gasteiger partial charge in [0, 0.05) is 77.4 Å². The summed E-state index contributed by atoms with van der Waals surface area (Å²) in [6.07, 6.45) is 3.49. The second kappa shape index (κ2) is 8.46. The maximum atomic E-state index is 13.0. The van der Waals surface area contributed by atoms with Crippen LogP contribution in [0.25, 0.3) is 0 Å². The molecule has 0 radical (unpaired) electrons. The molecule has 8 heteroatoms. The van der Waals surface area contributed by atoms with Crippen LogP contribution in [0.4, 0.5) is 11.5 Å². The molecule has 152 valence electrons. The van der Waals surface area contributed by atoms with Gasteiger partial charge in [-0.25, -0.2) is 4.98 Å². The van der Waals surface area contributed by atoms with E-state index >= 15 is 0 Å². The minimum absolute atomic E-state index is 0.0325. The summed E-state index contributed by atoms with van der Waals surface area (Å²) in [7, 11) is 0. The van der Waals surface area contributed by atoms with Crippen LogP contribution in [0.3, 0.4) is 0 Å². The van der Waals surface area contributed by atoms with E-state index in [4.69, 9.17) is 0 Å². The molecule has 2 aromatic heterocycles. The highest BCUT2D eigenvalue weighted by atomic mass is 16.2. The summed E-state index contributed by atoms with van der Waals surface area (Å²) in [5.74, 6) is 1.03. The van der Waals surface area contributed by atoms with E-state index in [9.17, 15) is 9.59 Å². The quantitative estimate of drug-likeness (QED) is 0.777. The van der Waals surface area contributed by atoms with Gasteiger partial charge in [0.05, 0.1) is 0 Å². The largest absolute Gasteiger partial charge is 0.368 e. The predicted molar refractivity (Wildman–Crippen MR) is 111 cm³/mol. The molecule has 2 amide bonds. The zero-order chi connectivity index (χ0) is 20.2. The predicted octanol–water partition coefficient (Wildman–Crippen LogP) is 1.11. The number of carbonyl (C=O) groups is 2. The standard InChI is InChI=1S/C21H26N6O2/c1-17(28)24-8-10-25(11-9-24)18-5-7-22-19(16-18)21(29)27-14-12-26(13-15-27)20-4-2-3-6-23-20/h2-7,16H,8-15H2,1H3. The van der Waals surface area contributed by atoms with Gasteiger partial charge in [0.25, 0.3) is 5.91 Å². The lowest BCUT2D eigenvalue weighted by Gasteiger charge is -2.36. The Labute approximate surface area is 170 Å². The molecule has 4 heterocycles. The molecule has 2 aliphatic heterocycles. The first-order chi connectivity index (χ1) is 14.1. The van der Waals surface area contributed by atoms with Crippen molar-refractivity contribution < 1.29 is 9.59 Å². The molecule has 0 unspecified atom stereocenters. The molecule has 0 bridgehead atoms. The summed E-state index contributed by atoms with van der Waals surface area (Å²) in [6, 6.07) is 9.68. The lowest BCUT2D eigenvalue weighted by atomic mass is 10.2. The Balaban J connectivity index is 1.37. The van der Waals surface area contributed by atoms with Gasteiger partial charge in [0.1, 0.15) is 11.5 Å². The highest BCUT2D eigenvalue weighted by molar-refractivity contribution is 5.93. The molecule has 0 saturated carbocycles. The zero-order valence-electron chi connectivity index (χ0n) is 16.7. The normalized spacial score (nSPS) is 17.4. The Hall–Kier alpha value is -3.16. The number of anilines is 2. The van der Waals surface area contributed by atoms with Crippen LogP contribution in [0, 0.1) is 0 Å². The average Bonchev–Trinajstić information content (AvgIpc) is 2.79. The van der Waals surface area contributed by atoms with Crippen LogP contribution in [0.5, 0.6) is 0 Å². The van der Waals surface area contributed by atoms with Crippen LogP contribution in [-0.4, -0.2) is 83.9 Å². The molecular weight excluding hydrogens is 368 g/mol. The first-order valence-electron chi connectivity index (χ1n) is 10.0. The van der Waals surface area contributed by atoms with E-state index in [2.05, 4.69) is 19.8 Å². The monoisotopic (exact) mass is 394 g/mol. The molecule has 0 aromatic carbocycles. The van der Waals surface area contributed by atoms with Crippen LogP contribution in [-0.2, 0) is 4.79 Å². The van der Waals surface area contributed by atoms with Gasteiger partial charge in [-0.05, 0) is 24.3 Å². The van der Waals surface area contributed by atoms with Crippen molar-refractivity contribution in [1.29, 1.82) is 0 Å². The Morgan fingerprint density at radius 2 is 1.48 bits per heavy atom. The average molecular weight is 394 g/mol. The van der Waals surface area contributed by atoms with E-state index in [-0.39, 0.29) is 11.8 Å². The number of amides is 2. The molecule has 29 heavy (non-hydrogen) atoms. The van der Waals surface area contributed by atoms with Gasteiger partial charge in [-0.3, -0.25) is 14.6 Å². The van der Waals surface area contributed by atoms with E-state index in [1.54, 1.807) is 19.3 Å². The number of piperazine rings is 2. The van der Waals surface area contributed by atoms with Gasteiger partial charge in [0.15, 0.2) is 0 Å². The SMILES string of the molecule is CC(=O)N1CCN(c2ccnc(C(=O)N3CCN(c4ccccn4)CC3)c2)CC1. The Morgan fingerprint density at radius 1 is 0.793 bits per heavy atom. The fraction of sp³-hybridized carbons (Fsp3) is 0.429. The van der Waals surface area contributed by atoms with Crippen molar-refractivity contribution in [2.24, 2.45) is 0 Å². The number of hydrogen-bond acceptors (Lipinski definition) is 6. The third kappa shape index (κ3) is 4.31. The van der Waals surface area contributed by atoms with Gasteiger partial charge in [-0.2, -0.15) is 0 Å². The second-order valence-corrected chi connectivity index (χ2v) is 7.36. The summed E-state index contributed by atoms with van der Waals surface area (Å²) >= 11 is 0. The maximum absolute atomic E-state index is 13.0. The van der Waals surface area contributed by atoms with Gasteiger partial charge in [0.2, 0.25) is 5.91 Å². The third-order valence-electron chi connectivity index (χ3n) is 5.59. The van der Waals surface area contributed by atoms with Crippen LogP contribution < -0.4 is 9.80 Å². The molecule has 0 aliphatic carbocycles. The van der Waals surface area contributed by atoms with E-state index in [0.29, 0.717) is 31.9 Å². The summed E-state index contributed by atoms with van der Waals surface area (Å²) in [6.45, 7) is 7.36. The maximum Gasteiger partial charge on any atom is 0.272 e. The number of carbonyl (C=O) groups excluding carboxylic acids is 2. The molecule has 4 rings (SSSR count). The minimum Gasteiger partial charge on any atom is -0.368 e. The van der Waals surface area contributed by atoms with Crippen molar-refractivity contribution >= 4 is 23.3 Å². The minimum atomic E-state index is -0.0325. The second-order valence-electron chi connectivity index (χ2n) is 7.36. The Morgan fingerprint density at radius 3 is 2.14 bits per heavy atom. The van der Waals surface area contributed by atoms with Crippen LogP contribution >= 0.6 is 0 Å². The highest BCUT2D eigenvalue weighted by Crippen LogP contribution is 2.19. The number of pyridine rings is 2. The van der Waals surface area contributed by atoms with Crippen LogP contribution in [0.2, 0.25) is 0 Å². The van der Waals surface area contributed by atoms with Crippen molar-refractivity contribution in [2.45, 2.75) is 6.92 Å². The lowest BCUT2D eigenvalue weighted by molar-refractivity contribution is -0.129. The van der Waals surface area contributed by atoms with E-state index < -0.39 is 0 Å². The summed E-state index contributed by atoms with van der Waals surface area (Å²) in [5.41, 5.74) is 1.46. The number of rotatable bonds is 3. The lowest BCUT2D eigenvalue weighted by Crippen LogP contribution is -2.49. The van der Waals surface area contributed by atoms with E-state index in [0.717, 1.165) is 37.7 Å².